The molecule has 5 heteroatoms. The molecule has 1 aromatic heterocycles. The Labute approximate surface area is 126 Å². The van der Waals surface area contributed by atoms with Crippen LogP contribution < -0.4 is 10.6 Å². The smallest absolute Gasteiger partial charge is 0.225 e. The van der Waals surface area contributed by atoms with Crippen LogP contribution in [0.5, 0.6) is 0 Å². The van der Waals surface area contributed by atoms with Crippen molar-refractivity contribution >= 4 is 11.8 Å². The van der Waals surface area contributed by atoms with Crippen molar-refractivity contribution in [3.8, 4) is 11.3 Å². The SMILES string of the molecule is CCNc1cc(-c2ccccc2)nc(NCCN(C)C)n1. The Hall–Kier alpha value is -2.14. The molecular formula is C16H23N5. The fourth-order valence-corrected chi connectivity index (χ4v) is 1.95. The van der Waals surface area contributed by atoms with E-state index in [1.807, 2.05) is 38.4 Å². The third-order valence-corrected chi connectivity index (χ3v) is 3.00. The minimum Gasteiger partial charge on any atom is -0.370 e. The molecule has 0 atom stereocenters. The number of anilines is 2. The number of aromatic nitrogens is 2. The van der Waals surface area contributed by atoms with Gasteiger partial charge in [-0.3, -0.25) is 0 Å². The molecule has 2 aromatic rings. The molecule has 0 saturated heterocycles. The zero-order valence-electron chi connectivity index (χ0n) is 12.9. The van der Waals surface area contributed by atoms with Crippen molar-refractivity contribution in [1.82, 2.24) is 14.9 Å². The van der Waals surface area contributed by atoms with E-state index in [4.69, 9.17) is 0 Å². The van der Waals surface area contributed by atoms with Crippen molar-refractivity contribution in [3.05, 3.63) is 36.4 Å². The zero-order chi connectivity index (χ0) is 15.1. The van der Waals surface area contributed by atoms with E-state index in [1.54, 1.807) is 0 Å². The average molecular weight is 285 g/mol. The van der Waals surface area contributed by atoms with Crippen molar-refractivity contribution in [1.29, 1.82) is 0 Å². The Bertz CT molecular complexity index is 554. The molecule has 0 aliphatic rings. The van der Waals surface area contributed by atoms with Gasteiger partial charge in [0.1, 0.15) is 5.82 Å². The Kier molecular flexibility index (Phi) is 5.51. The van der Waals surface area contributed by atoms with Gasteiger partial charge in [0, 0.05) is 31.3 Å². The summed E-state index contributed by atoms with van der Waals surface area (Å²) >= 11 is 0. The van der Waals surface area contributed by atoms with Crippen molar-refractivity contribution in [2.24, 2.45) is 0 Å². The fraction of sp³-hybridized carbons (Fsp3) is 0.375. The Morgan fingerprint density at radius 3 is 2.48 bits per heavy atom. The van der Waals surface area contributed by atoms with Crippen LogP contribution in [0.3, 0.4) is 0 Å². The van der Waals surface area contributed by atoms with Crippen molar-refractivity contribution in [3.63, 3.8) is 0 Å². The minimum absolute atomic E-state index is 0.661. The molecule has 1 aromatic carbocycles. The summed E-state index contributed by atoms with van der Waals surface area (Å²) in [4.78, 5) is 11.2. The highest BCUT2D eigenvalue weighted by Crippen LogP contribution is 2.21. The van der Waals surface area contributed by atoms with E-state index in [9.17, 15) is 0 Å². The molecule has 2 rings (SSSR count). The summed E-state index contributed by atoms with van der Waals surface area (Å²) in [5, 5.41) is 6.54. The van der Waals surface area contributed by atoms with Crippen LogP contribution >= 0.6 is 0 Å². The van der Waals surface area contributed by atoms with Gasteiger partial charge in [-0.25, -0.2) is 4.98 Å². The van der Waals surface area contributed by atoms with Gasteiger partial charge in [-0.05, 0) is 21.0 Å². The van der Waals surface area contributed by atoms with Crippen molar-refractivity contribution in [2.75, 3.05) is 44.4 Å². The molecule has 0 amide bonds. The van der Waals surface area contributed by atoms with Gasteiger partial charge in [0.2, 0.25) is 5.95 Å². The lowest BCUT2D eigenvalue weighted by atomic mass is 10.1. The van der Waals surface area contributed by atoms with Crippen LogP contribution in [0.25, 0.3) is 11.3 Å². The number of nitrogens with zero attached hydrogens (tertiary/aromatic N) is 3. The van der Waals surface area contributed by atoms with E-state index in [-0.39, 0.29) is 0 Å². The van der Waals surface area contributed by atoms with Crippen LogP contribution in [0.4, 0.5) is 11.8 Å². The van der Waals surface area contributed by atoms with Gasteiger partial charge in [0.05, 0.1) is 5.69 Å². The third kappa shape index (κ3) is 4.72. The number of likely N-dealkylation sites (N-methyl/N-ethyl adjacent to an activating group) is 1. The van der Waals surface area contributed by atoms with Gasteiger partial charge in [-0.1, -0.05) is 30.3 Å². The molecule has 0 radical (unpaired) electrons. The first kappa shape index (κ1) is 15.3. The fourth-order valence-electron chi connectivity index (χ4n) is 1.95. The predicted octanol–water partition coefficient (Wildman–Crippen LogP) is 2.55. The Morgan fingerprint density at radius 2 is 1.81 bits per heavy atom. The van der Waals surface area contributed by atoms with Gasteiger partial charge >= 0.3 is 0 Å². The van der Waals surface area contributed by atoms with Crippen LogP contribution in [-0.4, -0.2) is 48.6 Å². The first-order valence-corrected chi connectivity index (χ1v) is 7.26. The molecule has 0 spiro atoms. The number of nitrogens with one attached hydrogen (secondary N) is 2. The van der Waals surface area contributed by atoms with Crippen LogP contribution in [0.2, 0.25) is 0 Å². The van der Waals surface area contributed by atoms with Crippen molar-refractivity contribution in [2.45, 2.75) is 6.92 Å². The highest BCUT2D eigenvalue weighted by Gasteiger charge is 2.06. The Balaban J connectivity index is 2.22. The van der Waals surface area contributed by atoms with Crippen LogP contribution in [0.15, 0.2) is 36.4 Å². The maximum absolute atomic E-state index is 4.60. The maximum Gasteiger partial charge on any atom is 0.225 e. The lowest BCUT2D eigenvalue weighted by Crippen LogP contribution is -2.21. The van der Waals surface area contributed by atoms with E-state index in [0.29, 0.717) is 5.95 Å². The van der Waals surface area contributed by atoms with Crippen LogP contribution in [0.1, 0.15) is 6.92 Å². The first-order chi connectivity index (χ1) is 10.2. The molecule has 1 heterocycles. The standard InChI is InChI=1S/C16H23N5/c1-4-17-15-12-14(13-8-6-5-7-9-13)19-16(20-15)18-10-11-21(2)3/h5-9,12H,4,10-11H2,1-3H3,(H2,17,18,19,20). The molecule has 21 heavy (non-hydrogen) atoms. The summed E-state index contributed by atoms with van der Waals surface area (Å²) in [7, 11) is 4.10. The highest BCUT2D eigenvalue weighted by molar-refractivity contribution is 5.64. The highest BCUT2D eigenvalue weighted by atomic mass is 15.2. The lowest BCUT2D eigenvalue weighted by Gasteiger charge is -2.12. The second kappa shape index (κ2) is 7.59. The summed E-state index contributed by atoms with van der Waals surface area (Å²) in [5.74, 6) is 1.51. The zero-order valence-corrected chi connectivity index (χ0v) is 12.9. The molecule has 0 unspecified atom stereocenters. The molecule has 0 aliphatic carbocycles. The summed E-state index contributed by atoms with van der Waals surface area (Å²) < 4.78 is 0. The normalized spacial score (nSPS) is 10.7. The number of rotatable bonds is 7. The first-order valence-electron chi connectivity index (χ1n) is 7.26. The lowest BCUT2D eigenvalue weighted by molar-refractivity contribution is 0.425. The van der Waals surface area contributed by atoms with E-state index in [0.717, 1.165) is 36.7 Å². The van der Waals surface area contributed by atoms with Gasteiger partial charge < -0.3 is 15.5 Å². The quantitative estimate of drug-likeness (QED) is 0.819. The largest absolute Gasteiger partial charge is 0.370 e. The van der Waals surface area contributed by atoms with Crippen LogP contribution in [0, 0.1) is 0 Å². The summed E-state index contributed by atoms with van der Waals surface area (Å²) in [5.41, 5.74) is 2.02. The van der Waals surface area contributed by atoms with E-state index in [2.05, 4.69) is 44.6 Å². The molecule has 2 N–H and O–H groups in total. The summed E-state index contributed by atoms with van der Waals surface area (Å²) in [6.45, 7) is 4.65. The molecular weight excluding hydrogens is 262 g/mol. The number of hydrogen-bond acceptors (Lipinski definition) is 5. The molecule has 0 fully saturated rings. The van der Waals surface area contributed by atoms with Crippen LogP contribution in [-0.2, 0) is 0 Å². The number of hydrogen-bond donors (Lipinski definition) is 2. The topological polar surface area (TPSA) is 53.1 Å². The van der Waals surface area contributed by atoms with Crippen molar-refractivity contribution < 1.29 is 0 Å². The molecule has 5 nitrogen and oxygen atoms in total. The molecule has 0 aliphatic heterocycles. The predicted molar refractivity (Wildman–Crippen MR) is 88.7 cm³/mol. The molecule has 0 bridgehead atoms. The third-order valence-electron chi connectivity index (χ3n) is 3.00. The van der Waals surface area contributed by atoms with Gasteiger partial charge in [0.15, 0.2) is 0 Å². The van der Waals surface area contributed by atoms with E-state index >= 15 is 0 Å². The number of benzene rings is 1. The second-order valence-corrected chi connectivity index (χ2v) is 5.09. The second-order valence-electron chi connectivity index (χ2n) is 5.09. The minimum atomic E-state index is 0.661. The van der Waals surface area contributed by atoms with Gasteiger partial charge in [-0.15, -0.1) is 0 Å². The molecule has 112 valence electrons. The van der Waals surface area contributed by atoms with E-state index in [1.165, 1.54) is 0 Å². The van der Waals surface area contributed by atoms with Gasteiger partial charge in [-0.2, -0.15) is 4.98 Å². The summed E-state index contributed by atoms with van der Waals surface area (Å²) in [6, 6.07) is 12.1. The monoisotopic (exact) mass is 285 g/mol. The Morgan fingerprint density at radius 1 is 1.05 bits per heavy atom. The summed E-state index contributed by atoms with van der Waals surface area (Å²) in [6.07, 6.45) is 0. The molecule has 0 saturated carbocycles. The average Bonchev–Trinajstić information content (AvgIpc) is 2.48. The van der Waals surface area contributed by atoms with E-state index < -0.39 is 0 Å². The van der Waals surface area contributed by atoms with Gasteiger partial charge in [0.25, 0.3) is 0 Å². The maximum atomic E-state index is 4.60.